The largest absolute Gasteiger partial charge is 0.508 e. The van der Waals surface area contributed by atoms with E-state index in [4.69, 9.17) is 4.74 Å². The fraction of sp³-hybridized carbons (Fsp3) is 0.564. The van der Waals surface area contributed by atoms with E-state index in [1.807, 2.05) is 0 Å². The molecule has 3 rings (SSSR count). The van der Waals surface area contributed by atoms with Crippen LogP contribution in [-0.4, -0.2) is 104 Å². The van der Waals surface area contributed by atoms with Gasteiger partial charge in [0, 0.05) is 31.7 Å². The summed E-state index contributed by atoms with van der Waals surface area (Å²) in [5.41, 5.74) is 4.11. The van der Waals surface area contributed by atoms with Gasteiger partial charge in [-0.2, -0.15) is 0 Å². The summed E-state index contributed by atoms with van der Waals surface area (Å²) < 4.78 is 5.87. The van der Waals surface area contributed by atoms with E-state index >= 15 is 0 Å². The Morgan fingerprint density at radius 1 is 1.08 bits per heavy atom. The van der Waals surface area contributed by atoms with Gasteiger partial charge in [0.05, 0.1) is 24.7 Å². The van der Waals surface area contributed by atoms with Crippen LogP contribution in [0.25, 0.3) is 0 Å². The molecule has 1 aromatic carbocycles. The van der Waals surface area contributed by atoms with Gasteiger partial charge in [-0.3, -0.25) is 24.2 Å². The van der Waals surface area contributed by atoms with Crippen LogP contribution in [0.1, 0.15) is 72.3 Å². The number of Topliss-reactive ketones (excluding diaryl/α,β-unsaturated/α-hetero) is 1. The molecule has 8 atom stereocenters. The molecule has 14 nitrogen and oxygen atoms in total. The van der Waals surface area contributed by atoms with Crippen LogP contribution in [0.5, 0.6) is 5.75 Å². The number of rotatable bonds is 8. The van der Waals surface area contributed by atoms with Gasteiger partial charge in [0.25, 0.3) is 5.91 Å². The van der Waals surface area contributed by atoms with Crippen molar-refractivity contribution in [3.8, 4) is 5.75 Å². The normalized spacial score (nSPS) is 30.0. The number of hydrogen-bond acceptors (Lipinski definition) is 11. The average molecular weight is 741 g/mol. The lowest BCUT2D eigenvalue weighted by Crippen LogP contribution is -2.62. The fourth-order valence-electron chi connectivity index (χ4n) is 6.32. The minimum absolute atomic E-state index is 0.0186. The lowest BCUT2D eigenvalue weighted by molar-refractivity contribution is -0.156. The summed E-state index contributed by atoms with van der Waals surface area (Å²) >= 11 is 0. The number of hydrazine groups is 1. The number of cyclic esters (lactones) is 1. The zero-order valence-corrected chi connectivity index (χ0v) is 31.2. The standard InChI is InChI=1S/C39H56N4O10/c1-23(2)34-37(50)40-31(22-27-11-9-12-28(46)21-27)38(51)43-19-10-13-30(42-43)39(52)53-33(24(3)18-20-44)15-8-6-7-14-32(47)26(5)35(48)29(36(49)41-34)17-16-25(4)45/h6-9,11-12,14,18,21,23,26,29-35,42,44,46-48H,10,13,15-17,19-20,22H2,1-5H3,(H,40,50)(H,41,49)/b8-6+,14-7+,24-18+/t26?,29?,30?,31?,32-,33-,34?,35?/m0/s1. The van der Waals surface area contributed by atoms with Crippen molar-refractivity contribution in [2.75, 3.05) is 13.2 Å². The highest BCUT2D eigenvalue weighted by atomic mass is 16.5. The predicted molar refractivity (Wildman–Crippen MR) is 197 cm³/mol. The number of aliphatic hydroxyl groups excluding tert-OH is 3. The molecular weight excluding hydrogens is 684 g/mol. The second kappa shape index (κ2) is 20.8. The zero-order chi connectivity index (χ0) is 39.2. The number of nitrogens with one attached hydrogen (secondary N) is 3. The number of benzene rings is 1. The molecule has 0 aliphatic carbocycles. The van der Waals surface area contributed by atoms with Crippen molar-refractivity contribution in [1.29, 1.82) is 0 Å². The van der Waals surface area contributed by atoms with Crippen LogP contribution in [0.15, 0.2) is 60.2 Å². The van der Waals surface area contributed by atoms with Crippen molar-refractivity contribution in [3.05, 3.63) is 65.8 Å². The predicted octanol–water partition coefficient (Wildman–Crippen LogP) is 1.77. The second-order valence-electron chi connectivity index (χ2n) is 14.3. The first kappa shape index (κ1) is 43.0. The molecule has 0 saturated carbocycles. The van der Waals surface area contributed by atoms with Gasteiger partial charge >= 0.3 is 5.97 Å². The Balaban J connectivity index is 2.06. The molecule has 2 bridgehead atoms. The molecule has 53 heavy (non-hydrogen) atoms. The maximum absolute atomic E-state index is 14.2. The number of allylic oxidation sites excluding steroid dienone is 2. The van der Waals surface area contributed by atoms with Gasteiger partial charge in [-0.05, 0) is 62.3 Å². The van der Waals surface area contributed by atoms with E-state index in [9.17, 15) is 44.4 Å². The van der Waals surface area contributed by atoms with E-state index in [2.05, 4.69) is 16.1 Å². The van der Waals surface area contributed by atoms with E-state index in [1.54, 1.807) is 58.1 Å². The molecule has 1 aromatic rings. The van der Waals surface area contributed by atoms with E-state index in [0.717, 1.165) is 0 Å². The number of carbonyl (C=O) groups excluding carboxylic acids is 5. The van der Waals surface area contributed by atoms with Crippen LogP contribution in [0.3, 0.4) is 0 Å². The van der Waals surface area contributed by atoms with Gasteiger partial charge in [0.2, 0.25) is 11.8 Å². The third-order valence-electron chi connectivity index (χ3n) is 9.67. The molecule has 1 saturated heterocycles. The Morgan fingerprint density at radius 3 is 2.47 bits per heavy atom. The highest BCUT2D eigenvalue weighted by molar-refractivity contribution is 5.93. The van der Waals surface area contributed by atoms with Crippen LogP contribution < -0.4 is 16.1 Å². The zero-order valence-electron chi connectivity index (χ0n) is 31.2. The first-order chi connectivity index (χ1) is 25.1. The summed E-state index contributed by atoms with van der Waals surface area (Å²) in [6, 6.07) is 2.98. The monoisotopic (exact) mass is 740 g/mol. The number of carbonyl (C=O) groups is 5. The van der Waals surface area contributed by atoms with E-state index in [0.29, 0.717) is 24.0 Å². The number of hydrogen-bond donors (Lipinski definition) is 7. The average Bonchev–Trinajstić information content (AvgIpc) is 3.11. The molecule has 14 heteroatoms. The van der Waals surface area contributed by atoms with Gasteiger partial charge in [-0.15, -0.1) is 0 Å². The summed E-state index contributed by atoms with van der Waals surface area (Å²) in [6.07, 6.45) is 5.51. The lowest BCUT2D eigenvalue weighted by atomic mass is 9.84. The third kappa shape index (κ3) is 12.9. The Bertz CT molecular complexity index is 1520. The van der Waals surface area contributed by atoms with Crippen molar-refractivity contribution >= 4 is 29.5 Å². The Morgan fingerprint density at radius 2 is 1.81 bits per heavy atom. The van der Waals surface area contributed by atoms with Crippen molar-refractivity contribution in [3.63, 3.8) is 0 Å². The highest BCUT2D eigenvalue weighted by Crippen LogP contribution is 2.24. The Kier molecular flexibility index (Phi) is 16.9. The van der Waals surface area contributed by atoms with Crippen LogP contribution in [0.4, 0.5) is 0 Å². The number of phenolic OH excluding ortho intramolecular Hbond substituents is 1. The Hall–Kier alpha value is -4.37. The molecule has 2 aliphatic heterocycles. The topological polar surface area (TPSA) is 215 Å². The van der Waals surface area contributed by atoms with Gasteiger partial charge in [-0.1, -0.05) is 63.3 Å². The number of aromatic hydroxyl groups is 1. The SMILES string of the molecule is CC(=O)CCC1C(=O)NC(C(C)C)C(=O)NC(Cc2cccc(O)c2)C(=O)N2CCCC(N2)C(=O)O[C@H](/C(C)=C/CO)C/C=C/C=C/[C@H](O)C(C)C1O. The van der Waals surface area contributed by atoms with Gasteiger partial charge in [-0.25, -0.2) is 5.43 Å². The number of fused-ring (bicyclic) bond motifs is 2. The molecule has 0 spiro atoms. The molecule has 7 N–H and O–H groups in total. The molecule has 1 fully saturated rings. The Labute approximate surface area is 311 Å². The first-order valence-corrected chi connectivity index (χ1v) is 18.3. The van der Waals surface area contributed by atoms with Crippen LogP contribution in [0.2, 0.25) is 0 Å². The third-order valence-corrected chi connectivity index (χ3v) is 9.67. The highest BCUT2D eigenvalue weighted by Gasteiger charge is 2.38. The first-order valence-electron chi connectivity index (χ1n) is 18.3. The van der Waals surface area contributed by atoms with Gasteiger partial charge in [0.1, 0.15) is 35.8 Å². The molecule has 2 heterocycles. The quantitative estimate of drug-likeness (QED) is 0.151. The van der Waals surface area contributed by atoms with Gasteiger partial charge in [0.15, 0.2) is 0 Å². The van der Waals surface area contributed by atoms with Crippen molar-refractivity contribution in [2.24, 2.45) is 17.8 Å². The summed E-state index contributed by atoms with van der Waals surface area (Å²) in [4.78, 5) is 67.4. The molecule has 2 aliphatic rings. The minimum Gasteiger partial charge on any atom is -0.508 e. The maximum Gasteiger partial charge on any atom is 0.325 e. The molecule has 0 aromatic heterocycles. The minimum atomic E-state index is -1.40. The van der Waals surface area contributed by atoms with Crippen LogP contribution in [-0.2, 0) is 35.1 Å². The van der Waals surface area contributed by atoms with Crippen LogP contribution >= 0.6 is 0 Å². The number of ketones is 1. The molecular formula is C39H56N4O10. The summed E-state index contributed by atoms with van der Waals surface area (Å²) in [5.74, 6) is -5.28. The van der Waals surface area contributed by atoms with E-state index in [1.165, 1.54) is 36.2 Å². The second-order valence-corrected chi connectivity index (χ2v) is 14.3. The summed E-state index contributed by atoms with van der Waals surface area (Å²) in [5, 5.41) is 48.7. The number of aliphatic hydroxyl groups is 3. The molecule has 6 unspecified atom stereocenters. The van der Waals surface area contributed by atoms with E-state index < -0.39 is 77.9 Å². The van der Waals surface area contributed by atoms with Crippen molar-refractivity contribution in [1.82, 2.24) is 21.1 Å². The number of phenols is 1. The van der Waals surface area contributed by atoms with Crippen molar-refractivity contribution in [2.45, 2.75) is 110 Å². The smallest absolute Gasteiger partial charge is 0.325 e. The molecule has 3 amide bonds. The number of amides is 3. The fourth-order valence-corrected chi connectivity index (χ4v) is 6.32. The summed E-state index contributed by atoms with van der Waals surface area (Å²) in [7, 11) is 0. The lowest BCUT2D eigenvalue weighted by Gasteiger charge is -2.36. The van der Waals surface area contributed by atoms with Crippen LogP contribution in [0, 0.1) is 17.8 Å². The maximum atomic E-state index is 14.2. The number of nitrogens with zero attached hydrogens (tertiary/aromatic N) is 1. The van der Waals surface area contributed by atoms with E-state index in [-0.39, 0.29) is 50.4 Å². The molecule has 292 valence electrons. The molecule has 0 radical (unpaired) electrons. The number of esters is 1. The van der Waals surface area contributed by atoms with Crippen molar-refractivity contribution < 1.29 is 49.1 Å². The van der Waals surface area contributed by atoms with Gasteiger partial charge < -0.3 is 40.6 Å². The summed E-state index contributed by atoms with van der Waals surface area (Å²) in [6.45, 7) is 8.03. The number of ether oxygens (including phenoxy) is 1.